The molecule has 1 aromatic carbocycles. The topological polar surface area (TPSA) is 75.7 Å². The van der Waals surface area contributed by atoms with Crippen molar-refractivity contribution in [1.82, 2.24) is 15.2 Å². The van der Waals surface area contributed by atoms with Crippen LogP contribution in [-0.4, -0.2) is 26.7 Å². The zero-order chi connectivity index (χ0) is 13.8. The number of hydrogen-bond acceptors (Lipinski definition) is 5. The summed E-state index contributed by atoms with van der Waals surface area (Å²) < 4.78 is 0. The van der Waals surface area contributed by atoms with E-state index in [2.05, 4.69) is 15.2 Å². The summed E-state index contributed by atoms with van der Waals surface area (Å²) in [6.07, 6.45) is 0. The maximum absolute atomic E-state index is 11.9. The molecule has 98 valence electrons. The number of benzene rings is 1. The van der Waals surface area contributed by atoms with Crippen LogP contribution in [0.1, 0.15) is 21.6 Å². The van der Waals surface area contributed by atoms with Crippen molar-refractivity contribution in [3.05, 3.63) is 51.4 Å². The highest BCUT2D eigenvalue weighted by atomic mass is 32.2. The summed E-state index contributed by atoms with van der Waals surface area (Å²) in [6.45, 7) is 3.55. The molecular weight excluding hydrogens is 262 g/mol. The molecule has 1 aromatic heterocycles. The van der Waals surface area contributed by atoms with Crippen molar-refractivity contribution < 1.29 is 4.79 Å². The number of hydrogen-bond donors (Lipinski definition) is 1. The number of aromatic nitrogens is 3. The molecular formula is C13H13N3O2S. The number of H-pyrrole nitrogens is 1. The van der Waals surface area contributed by atoms with Gasteiger partial charge in [-0.3, -0.25) is 14.6 Å². The van der Waals surface area contributed by atoms with Crippen molar-refractivity contribution in [2.24, 2.45) is 0 Å². The van der Waals surface area contributed by atoms with E-state index < -0.39 is 0 Å². The summed E-state index contributed by atoms with van der Waals surface area (Å²) in [5.74, 6) is 0.213. The zero-order valence-electron chi connectivity index (χ0n) is 10.6. The van der Waals surface area contributed by atoms with Gasteiger partial charge in [-0.2, -0.15) is 0 Å². The lowest BCUT2D eigenvalue weighted by Crippen LogP contribution is -2.14. The number of aromatic amines is 1. The maximum Gasteiger partial charge on any atom is 0.273 e. The molecule has 0 saturated carbocycles. The highest BCUT2D eigenvalue weighted by molar-refractivity contribution is 7.99. The Bertz CT molecular complexity index is 650. The van der Waals surface area contributed by atoms with Gasteiger partial charge in [-0.1, -0.05) is 41.6 Å². The first kappa shape index (κ1) is 13.5. The summed E-state index contributed by atoms with van der Waals surface area (Å²) in [6, 6.07) is 7.38. The second-order valence-electron chi connectivity index (χ2n) is 4.12. The molecule has 0 radical (unpaired) electrons. The van der Waals surface area contributed by atoms with Gasteiger partial charge in [0.25, 0.3) is 5.56 Å². The second kappa shape index (κ2) is 5.79. The smallest absolute Gasteiger partial charge is 0.273 e. The van der Waals surface area contributed by atoms with Crippen LogP contribution in [0.3, 0.4) is 0 Å². The van der Waals surface area contributed by atoms with Crippen LogP contribution in [0.4, 0.5) is 0 Å². The largest absolute Gasteiger partial charge is 0.298 e. The Morgan fingerprint density at radius 3 is 2.53 bits per heavy atom. The van der Waals surface area contributed by atoms with E-state index in [1.54, 1.807) is 19.1 Å². The lowest BCUT2D eigenvalue weighted by atomic mass is 10.1. The Kier molecular flexibility index (Phi) is 4.11. The van der Waals surface area contributed by atoms with Gasteiger partial charge in [0.05, 0.1) is 5.75 Å². The molecule has 0 bridgehead atoms. The van der Waals surface area contributed by atoms with Gasteiger partial charge < -0.3 is 0 Å². The van der Waals surface area contributed by atoms with Gasteiger partial charge in [0.2, 0.25) is 0 Å². The number of carbonyl (C=O) groups excluding carboxylic acids is 1. The van der Waals surface area contributed by atoms with E-state index in [9.17, 15) is 9.59 Å². The Morgan fingerprint density at radius 1 is 1.21 bits per heavy atom. The number of thioether (sulfide) groups is 1. The van der Waals surface area contributed by atoms with Gasteiger partial charge in [0, 0.05) is 5.56 Å². The van der Waals surface area contributed by atoms with E-state index >= 15 is 0 Å². The van der Waals surface area contributed by atoms with Gasteiger partial charge in [-0.25, -0.2) is 0 Å². The van der Waals surface area contributed by atoms with Crippen molar-refractivity contribution >= 4 is 17.5 Å². The Morgan fingerprint density at radius 2 is 1.89 bits per heavy atom. The predicted octanol–water partition coefficient (Wildman–Crippen LogP) is 1.76. The molecule has 0 unspecified atom stereocenters. The lowest BCUT2D eigenvalue weighted by Gasteiger charge is -2.01. The summed E-state index contributed by atoms with van der Waals surface area (Å²) in [5, 5.41) is 7.90. The maximum atomic E-state index is 11.9. The van der Waals surface area contributed by atoms with E-state index in [0.717, 1.165) is 5.56 Å². The molecule has 0 atom stereocenters. The van der Waals surface area contributed by atoms with Crippen LogP contribution in [0.5, 0.6) is 0 Å². The SMILES string of the molecule is Cc1ccc(C(=O)CSc2nnc(C)c(=O)[nH]2)cc1. The molecule has 6 heteroatoms. The molecule has 0 saturated heterocycles. The van der Waals surface area contributed by atoms with E-state index in [4.69, 9.17) is 0 Å². The quantitative estimate of drug-likeness (QED) is 0.679. The third-order valence-corrected chi connectivity index (χ3v) is 3.42. The summed E-state index contributed by atoms with van der Waals surface area (Å²) in [7, 11) is 0. The molecule has 2 aromatic rings. The van der Waals surface area contributed by atoms with Crippen molar-refractivity contribution in [2.75, 3.05) is 5.75 Å². The summed E-state index contributed by atoms with van der Waals surface area (Å²) in [4.78, 5) is 25.8. The number of rotatable bonds is 4. The molecule has 0 aliphatic carbocycles. The average molecular weight is 275 g/mol. The first-order valence-corrected chi connectivity index (χ1v) is 6.71. The van der Waals surface area contributed by atoms with Crippen LogP contribution in [0, 0.1) is 13.8 Å². The number of aryl methyl sites for hydroxylation is 2. The normalized spacial score (nSPS) is 10.4. The summed E-state index contributed by atoms with van der Waals surface area (Å²) in [5.41, 5.74) is 1.80. The number of carbonyl (C=O) groups is 1. The molecule has 0 aliphatic rings. The molecule has 0 fully saturated rings. The van der Waals surface area contributed by atoms with Gasteiger partial charge >= 0.3 is 0 Å². The van der Waals surface area contributed by atoms with Crippen LogP contribution in [0.2, 0.25) is 0 Å². The van der Waals surface area contributed by atoms with Crippen molar-refractivity contribution in [3.8, 4) is 0 Å². The first-order valence-electron chi connectivity index (χ1n) is 5.72. The number of ketones is 1. The molecule has 1 N–H and O–H groups in total. The molecule has 0 spiro atoms. The van der Waals surface area contributed by atoms with E-state index in [0.29, 0.717) is 16.4 Å². The third-order valence-electron chi connectivity index (χ3n) is 2.55. The van der Waals surface area contributed by atoms with Gasteiger partial charge in [0.15, 0.2) is 10.9 Å². The molecule has 0 aliphatic heterocycles. The van der Waals surface area contributed by atoms with Crippen LogP contribution in [0.25, 0.3) is 0 Å². The number of nitrogens with zero attached hydrogens (tertiary/aromatic N) is 2. The standard InChI is InChI=1S/C13H13N3O2S/c1-8-3-5-10(6-4-8)11(17)7-19-13-14-12(18)9(2)15-16-13/h3-6H,7H2,1-2H3,(H,14,16,18). The molecule has 1 heterocycles. The van der Waals surface area contributed by atoms with Gasteiger partial charge in [0.1, 0.15) is 5.69 Å². The van der Waals surface area contributed by atoms with Crippen LogP contribution >= 0.6 is 11.8 Å². The number of nitrogens with one attached hydrogen (secondary N) is 1. The third kappa shape index (κ3) is 3.51. The Labute approximate surface area is 114 Å². The minimum absolute atomic E-state index is 0.00627. The zero-order valence-corrected chi connectivity index (χ0v) is 11.5. The molecule has 5 nitrogen and oxygen atoms in total. The van der Waals surface area contributed by atoms with Crippen LogP contribution in [0.15, 0.2) is 34.2 Å². The highest BCUT2D eigenvalue weighted by Gasteiger charge is 2.08. The Balaban J connectivity index is 2.02. The predicted molar refractivity (Wildman–Crippen MR) is 73.6 cm³/mol. The average Bonchev–Trinajstić information content (AvgIpc) is 2.40. The van der Waals surface area contributed by atoms with E-state index in [1.807, 2.05) is 19.1 Å². The number of Topliss-reactive ketones (excluding diaryl/α,β-unsaturated/α-hetero) is 1. The van der Waals surface area contributed by atoms with Gasteiger partial charge in [-0.15, -0.1) is 10.2 Å². The van der Waals surface area contributed by atoms with E-state index in [-0.39, 0.29) is 17.1 Å². The highest BCUT2D eigenvalue weighted by Crippen LogP contribution is 2.13. The van der Waals surface area contributed by atoms with Crippen LogP contribution in [-0.2, 0) is 0 Å². The molecule has 2 rings (SSSR count). The monoisotopic (exact) mass is 275 g/mol. The second-order valence-corrected chi connectivity index (χ2v) is 5.09. The minimum atomic E-state index is -0.278. The molecule has 19 heavy (non-hydrogen) atoms. The van der Waals surface area contributed by atoms with Crippen molar-refractivity contribution in [2.45, 2.75) is 19.0 Å². The van der Waals surface area contributed by atoms with Crippen molar-refractivity contribution in [3.63, 3.8) is 0 Å². The fourth-order valence-corrected chi connectivity index (χ4v) is 2.10. The van der Waals surface area contributed by atoms with Gasteiger partial charge in [-0.05, 0) is 13.8 Å². The first-order chi connectivity index (χ1) is 9.06. The van der Waals surface area contributed by atoms with E-state index in [1.165, 1.54) is 11.8 Å². The summed E-state index contributed by atoms with van der Waals surface area (Å²) >= 11 is 1.17. The molecule has 0 amide bonds. The Hall–Kier alpha value is -1.95. The lowest BCUT2D eigenvalue weighted by molar-refractivity contribution is 0.102. The van der Waals surface area contributed by atoms with Crippen molar-refractivity contribution in [1.29, 1.82) is 0 Å². The fraction of sp³-hybridized carbons (Fsp3) is 0.231. The fourth-order valence-electron chi connectivity index (χ4n) is 1.40. The minimum Gasteiger partial charge on any atom is -0.298 e. The van der Waals surface area contributed by atoms with Crippen LogP contribution < -0.4 is 5.56 Å².